The van der Waals surface area contributed by atoms with Gasteiger partial charge in [-0.3, -0.25) is 0 Å². The van der Waals surface area contributed by atoms with Gasteiger partial charge in [-0.25, -0.2) is 4.79 Å². The van der Waals surface area contributed by atoms with Gasteiger partial charge in [0.1, 0.15) is 5.60 Å². The summed E-state index contributed by atoms with van der Waals surface area (Å²) in [5.41, 5.74) is 0.486. The first-order chi connectivity index (χ1) is 13.3. The summed E-state index contributed by atoms with van der Waals surface area (Å²) in [7, 11) is 0. The molecular formula is C23H35NO4. The second-order valence-corrected chi connectivity index (χ2v) is 9.32. The Bertz CT molecular complexity index is 632. The van der Waals surface area contributed by atoms with Gasteiger partial charge in [-0.05, 0) is 71.3 Å². The second kappa shape index (κ2) is 8.83. The number of benzene rings is 1. The first-order valence-corrected chi connectivity index (χ1v) is 10.6. The first-order valence-electron chi connectivity index (χ1n) is 10.6. The molecule has 1 unspecified atom stereocenters. The monoisotopic (exact) mass is 389 g/mol. The summed E-state index contributed by atoms with van der Waals surface area (Å²) >= 11 is 0. The van der Waals surface area contributed by atoms with Gasteiger partial charge in [0.2, 0.25) is 0 Å². The van der Waals surface area contributed by atoms with E-state index in [-0.39, 0.29) is 30.4 Å². The molecule has 2 aliphatic rings. The molecule has 5 nitrogen and oxygen atoms in total. The molecule has 5 heteroatoms. The van der Waals surface area contributed by atoms with Crippen LogP contribution in [-0.4, -0.2) is 46.1 Å². The number of aliphatic hydroxyl groups is 1. The lowest BCUT2D eigenvalue weighted by Crippen LogP contribution is -2.50. The number of amides is 1. The van der Waals surface area contributed by atoms with Gasteiger partial charge in [0, 0.05) is 12.6 Å². The highest BCUT2D eigenvalue weighted by Gasteiger charge is 2.42. The Morgan fingerprint density at radius 2 is 1.86 bits per heavy atom. The predicted octanol–water partition coefficient (Wildman–Crippen LogP) is 4.67. The quantitative estimate of drug-likeness (QED) is 0.813. The van der Waals surface area contributed by atoms with Gasteiger partial charge in [0.05, 0.1) is 18.3 Å². The van der Waals surface area contributed by atoms with Crippen molar-refractivity contribution in [2.45, 2.75) is 95.6 Å². The molecule has 1 spiro atoms. The zero-order valence-corrected chi connectivity index (χ0v) is 17.5. The Labute approximate surface area is 169 Å². The Morgan fingerprint density at radius 3 is 2.46 bits per heavy atom. The van der Waals surface area contributed by atoms with Crippen molar-refractivity contribution in [2.75, 3.05) is 6.61 Å². The van der Waals surface area contributed by atoms with E-state index in [4.69, 9.17) is 9.47 Å². The van der Waals surface area contributed by atoms with Gasteiger partial charge in [-0.2, -0.15) is 0 Å². The van der Waals surface area contributed by atoms with E-state index < -0.39 is 5.60 Å². The Hall–Kier alpha value is -1.59. The van der Waals surface area contributed by atoms with E-state index in [1.165, 1.54) is 0 Å². The summed E-state index contributed by atoms with van der Waals surface area (Å²) in [5, 5.41) is 9.50. The second-order valence-electron chi connectivity index (χ2n) is 9.32. The Balaban J connectivity index is 1.69. The highest BCUT2D eigenvalue weighted by molar-refractivity contribution is 5.68. The van der Waals surface area contributed by atoms with Crippen molar-refractivity contribution in [3.63, 3.8) is 0 Å². The summed E-state index contributed by atoms with van der Waals surface area (Å²) in [6.45, 7) is 6.39. The average molecular weight is 390 g/mol. The molecule has 0 aromatic heterocycles. The van der Waals surface area contributed by atoms with Crippen molar-refractivity contribution in [3.8, 4) is 0 Å². The third-order valence-electron chi connectivity index (χ3n) is 5.91. The van der Waals surface area contributed by atoms with Crippen molar-refractivity contribution >= 4 is 6.09 Å². The van der Waals surface area contributed by atoms with Gasteiger partial charge in [0.25, 0.3) is 0 Å². The summed E-state index contributed by atoms with van der Waals surface area (Å²) in [4.78, 5) is 14.9. The molecule has 156 valence electrons. The minimum absolute atomic E-state index is 0.0309. The lowest BCUT2D eigenvalue weighted by Gasteiger charge is -2.47. The van der Waals surface area contributed by atoms with Crippen LogP contribution in [-0.2, 0) is 16.0 Å². The van der Waals surface area contributed by atoms with E-state index >= 15 is 0 Å². The maximum atomic E-state index is 13.0. The minimum atomic E-state index is -0.511. The van der Waals surface area contributed by atoms with Crippen LogP contribution in [0.4, 0.5) is 4.79 Å². The molecule has 1 aromatic carbocycles. The standard InChI is InChI=1S/C23H35NO4/c1-22(2,3)28-21(26)24(16-18-8-5-4-6-9-18)19-11-14-23(15-12-19)13-7-10-20(17-25)27-23/h4-6,8-9,19-20,25H,7,10-17H2,1-3H3. The number of hydrogen-bond donors (Lipinski definition) is 1. The third kappa shape index (κ3) is 5.48. The van der Waals surface area contributed by atoms with Crippen molar-refractivity contribution in [3.05, 3.63) is 35.9 Å². The van der Waals surface area contributed by atoms with Gasteiger partial charge in [-0.15, -0.1) is 0 Å². The number of rotatable bonds is 4. The number of carbonyl (C=O) groups is 1. The SMILES string of the molecule is CC(C)(C)OC(=O)N(Cc1ccccc1)C1CCC2(CCCC(CO)O2)CC1. The molecule has 1 saturated heterocycles. The number of hydrogen-bond acceptors (Lipinski definition) is 4. The third-order valence-corrected chi connectivity index (χ3v) is 5.91. The average Bonchev–Trinajstić information content (AvgIpc) is 2.66. The molecule has 1 aromatic rings. The first kappa shape index (κ1) is 21.1. The van der Waals surface area contributed by atoms with Crippen molar-refractivity contribution in [1.29, 1.82) is 0 Å². The molecule has 1 N–H and O–H groups in total. The molecule has 1 aliphatic carbocycles. The zero-order valence-electron chi connectivity index (χ0n) is 17.5. The van der Waals surface area contributed by atoms with Crippen LogP contribution in [0.15, 0.2) is 30.3 Å². The summed E-state index contributed by atoms with van der Waals surface area (Å²) in [6.07, 6.45) is 6.52. The maximum absolute atomic E-state index is 13.0. The molecule has 0 radical (unpaired) electrons. The molecule has 3 rings (SSSR count). The predicted molar refractivity (Wildman–Crippen MR) is 109 cm³/mol. The van der Waals surface area contributed by atoms with Crippen LogP contribution < -0.4 is 0 Å². The molecule has 2 fully saturated rings. The number of aliphatic hydroxyl groups excluding tert-OH is 1. The van der Waals surface area contributed by atoms with E-state index in [9.17, 15) is 9.90 Å². The van der Waals surface area contributed by atoms with Crippen molar-refractivity contribution in [2.24, 2.45) is 0 Å². The van der Waals surface area contributed by atoms with Gasteiger partial charge < -0.3 is 19.5 Å². The minimum Gasteiger partial charge on any atom is -0.444 e. The van der Waals surface area contributed by atoms with E-state index in [0.29, 0.717) is 6.54 Å². The van der Waals surface area contributed by atoms with Crippen LogP contribution in [0.2, 0.25) is 0 Å². The molecule has 28 heavy (non-hydrogen) atoms. The van der Waals surface area contributed by atoms with Crippen LogP contribution in [0, 0.1) is 0 Å². The Kier molecular flexibility index (Phi) is 6.66. The normalized spacial score (nSPS) is 28.1. The maximum Gasteiger partial charge on any atom is 0.410 e. The fourth-order valence-electron chi connectivity index (χ4n) is 4.50. The van der Waals surface area contributed by atoms with Crippen LogP contribution in [0.5, 0.6) is 0 Å². The van der Waals surface area contributed by atoms with E-state index in [0.717, 1.165) is 50.5 Å². The number of nitrogens with zero attached hydrogens (tertiary/aromatic N) is 1. The number of ether oxygens (including phenoxy) is 2. The Morgan fingerprint density at radius 1 is 1.18 bits per heavy atom. The van der Waals surface area contributed by atoms with Crippen molar-refractivity contribution < 1.29 is 19.4 Å². The highest BCUT2D eigenvalue weighted by atomic mass is 16.6. The van der Waals surface area contributed by atoms with Crippen LogP contribution in [0.25, 0.3) is 0 Å². The van der Waals surface area contributed by atoms with E-state index in [2.05, 4.69) is 12.1 Å². The molecule has 1 heterocycles. The number of carbonyl (C=O) groups excluding carboxylic acids is 1. The summed E-state index contributed by atoms with van der Waals surface area (Å²) in [6, 6.07) is 10.3. The molecule has 1 amide bonds. The lowest BCUT2D eigenvalue weighted by molar-refractivity contribution is -0.162. The molecule has 1 saturated carbocycles. The van der Waals surface area contributed by atoms with Gasteiger partial charge in [-0.1, -0.05) is 30.3 Å². The zero-order chi connectivity index (χ0) is 20.2. The van der Waals surface area contributed by atoms with Crippen LogP contribution >= 0.6 is 0 Å². The smallest absolute Gasteiger partial charge is 0.410 e. The highest BCUT2D eigenvalue weighted by Crippen LogP contribution is 2.42. The molecule has 0 bridgehead atoms. The fraction of sp³-hybridized carbons (Fsp3) is 0.696. The summed E-state index contributed by atoms with van der Waals surface area (Å²) < 4.78 is 12.0. The van der Waals surface area contributed by atoms with E-state index in [1.807, 2.05) is 43.9 Å². The molecule has 1 atom stereocenters. The molecule has 1 aliphatic heterocycles. The van der Waals surface area contributed by atoms with Crippen LogP contribution in [0.1, 0.15) is 71.3 Å². The lowest BCUT2D eigenvalue weighted by atomic mass is 9.76. The molecular weight excluding hydrogens is 354 g/mol. The van der Waals surface area contributed by atoms with Gasteiger partial charge in [0.15, 0.2) is 0 Å². The largest absolute Gasteiger partial charge is 0.444 e. The van der Waals surface area contributed by atoms with Crippen LogP contribution in [0.3, 0.4) is 0 Å². The van der Waals surface area contributed by atoms with Gasteiger partial charge >= 0.3 is 6.09 Å². The topological polar surface area (TPSA) is 59.0 Å². The summed E-state index contributed by atoms with van der Waals surface area (Å²) in [5.74, 6) is 0. The van der Waals surface area contributed by atoms with E-state index in [1.54, 1.807) is 0 Å². The van der Waals surface area contributed by atoms with Crippen molar-refractivity contribution in [1.82, 2.24) is 4.90 Å². The fourth-order valence-corrected chi connectivity index (χ4v) is 4.50.